The van der Waals surface area contributed by atoms with Gasteiger partial charge in [0.15, 0.2) is 0 Å². The zero-order valence-electron chi connectivity index (χ0n) is 11.1. The van der Waals surface area contributed by atoms with Gasteiger partial charge >= 0.3 is 0 Å². The maximum atomic E-state index is 11.4. The Morgan fingerprint density at radius 2 is 2.11 bits per heavy atom. The van der Waals surface area contributed by atoms with Crippen LogP contribution in [0.1, 0.15) is 18.0 Å². The Morgan fingerprint density at radius 3 is 2.74 bits per heavy atom. The first kappa shape index (κ1) is 13.1. The van der Waals surface area contributed by atoms with Crippen LogP contribution in [-0.4, -0.2) is 45.2 Å². The van der Waals surface area contributed by atoms with Crippen molar-refractivity contribution in [2.75, 3.05) is 14.1 Å². The number of rotatable bonds is 4. The molecule has 2 rings (SSSR count). The maximum Gasteiger partial charge on any atom is 0.227 e. The molecule has 7 nitrogen and oxygen atoms in total. The van der Waals surface area contributed by atoms with Crippen molar-refractivity contribution in [3.05, 3.63) is 23.7 Å². The van der Waals surface area contributed by atoms with E-state index < -0.39 is 0 Å². The predicted molar refractivity (Wildman–Crippen MR) is 67.1 cm³/mol. The Hall–Kier alpha value is -2.31. The fourth-order valence-electron chi connectivity index (χ4n) is 1.42. The van der Waals surface area contributed by atoms with Crippen LogP contribution < -0.4 is 0 Å². The van der Waals surface area contributed by atoms with Crippen molar-refractivity contribution in [3.8, 4) is 11.5 Å². The highest BCUT2D eigenvalue weighted by molar-refractivity contribution is 5.75. The topological polar surface area (TPSA) is 85.0 Å². The number of hydrogen-bond donors (Lipinski definition) is 0. The largest absolute Gasteiger partial charge is 0.349 e. The molecule has 0 N–H and O–H groups in total. The molecule has 0 fully saturated rings. The lowest BCUT2D eigenvalue weighted by atomic mass is 10.3. The van der Waals surface area contributed by atoms with E-state index in [0.717, 1.165) is 5.69 Å². The van der Waals surface area contributed by atoms with E-state index in [2.05, 4.69) is 20.3 Å². The zero-order valence-corrected chi connectivity index (χ0v) is 11.1. The maximum absolute atomic E-state index is 11.4. The second kappa shape index (κ2) is 5.55. The first-order valence-electron chi connectivity index (χ1n) is 5.89. The highest BCUT2D eigenvalue weighted by Crippen LogP contribution is 2.12. The minimum absolute atomic E-state index is 0.0230. The molecule has 0 aliphatic carbocycles. The van der Waals surface area contributed by atoms with Gasteiger partial charge in [-0.1, -0.05) is 5.16 Å². The van der Waals surface area contributed by atoms with Crippen molar-refractivity contribution in [2.45, 2.75) is 19.8 Å². The molecule has 0 spiro atoms. The van der Waals surface area contributed by atoms with Crippen LogP contribution in [0.4, 0.5) is 0 Å². The van der Waals surface area contributed by atoms with Gasteiger partial charge in [-0.05, 0) is 19.1 Å². The van der Waals surface area contributed by atoms with Crippen molar-refractivity contribution < 1.29 is 9.32 Å². The van der Waals surface area contributed by atoms with E-state index in [-0.39, 0.29) is 5.91 Å². The van der Waals surface area contributed by atoms with Crippen molar-refractivity contribution in [2.24, 2.45) is 0 Å². The van der Waals surface area contributed by atoms with E-state index >= 15 is 0 Å². The van der Waals surface area contributed by atoms with Gasteiger partial charge in [0.25, 0.3) is 0 Å². The van der Waals surface area contributed by atoms with Gasteiger partial charge in [0.2, 0.25) is 17.6 Å². The van der Waals surface area contributed by atoms with Gasteiger partial charge in [-0.15, -0.1) is 5.10 Å². The van der Waals surface area contributed by atoms with Gasteiger partial charge in [0.05, 0.1) is 5.69 Å². The van der Waals surface area contributed by atoms with Gasteiger partial charge in [0.1, 0.15) is 5.69 Å². The first-order valence-corrected chi connectivity index (χ1v) is 5.89. The average molecular weight is 261 g/mol. The smallest absolute Gasteiger partial charge is 0.227 e. The van der Waals surface area contributed by atoms with Crippen LogP contribution in [-0.2, 0) is 11.2 Å². The number of carbonyl (C=O) groups is 1. The predicted octanol–water partition coefficient (Wildman–Crippen LogP) is 0.856. The van der Waals surface area contributed by atoms with E-state index in [0.29, 0.717) is 30.3 Å². The van der Waals surface area contributed by atoms with Crippen LogP contribution in [0, 0.1) is 6.92 Å². The van der Waals surface area contributed by atoms with Crippen molar-refractivity contribution in [1.29, 1.82) is 0 Å². The number of aromatic nitrogens is 4. The molecule has 0 radical (unpaired) electrons. The first-order chi connectivity index (χ1) is 9.06. The minimum Gasteiger partial charge on any atom is -0.349 e. The molecular weight excluding hydrogens is 246 g/mol. The van der Waals surface area contributed by atoms with E-state index in [9.17, 15) is 4.79 Å². The van der Waals surface area contributed by atoms with E-state index in [1.54, 1.807) is 20.2 Å². The van der Waals surface area contributed by atoms with Crippen LogP contribution in [0.2, 0.25) is 0 Å². The third-order valence-corrected chi connectivity index (χ3v) is 2.55. The van der Waals surface area contributed by atoms with Crippen LogP contribution >= 0.6 is 0 Å². The molecule has 0 atom stereocenters. The fourth-order valence-corrected chi connectivity index (χ4v) is 1.42. The fraction of sp³-hybridized carbons (Fsp3) is 0.417. The van der Waals surface area contributed by atoms with Gasteiger partial charge in [-0.2, -0.15) is 10.1 Å². The average Bonchev–Trinajstić information content (AvgIpc) is 2.85. The molecular formula is C12H15N5O2. The van der Waals surface area contributed by atoms with E-state index in [4.69, 9.17) is 4.52 Å². The molecule has 0 aromatic carbocycles. The van der Waals surface area contributed by atoms with Crippen LogP contribution in [0.3, 0.4) is 0 Å². The summed E-state index contributed by atoms with van der Waals surface area (Å²) in [7, 11) is 3.42. The summed E-state index contributed by atoms with van der Waals surface area (Å²) in [6, 6.07) is 3.61. The lowest BCUT2D eigenvalue weighted by Gasteiger charge is -2.07. The molecule has 0 saturated heterocycles. The standard InChI is InChI=1S/C12H15N5O2/c1-8-4-5-9(15-14-8)12-13-10(19-16-12)6-7-11(18)17(2)3/h4-5H,6-7H2,1-3H3. The quantitative estimate of drug-likeness (QED) is 0.811. The van der Waals surface area contributed by atoms with Crippen molar-refractivity contribution in [1.82, 2.24) is 25.2 Å². The molecule has 7 heteroatoms. The van der Waals surface area contributed by atoms with Gasteiger partial charge in [-0.3, -0.25) is 4.79 Å². The van der Waals surface area contributed by atoms with Crippen molar-refractivity contribution in [3.63, 3.8) is 0 Å². The Labute approximate surface area is 110 Å². The Bertz CT molecular complexity index is 562. The molecule has 0 aliphatic rings. The number of hydrogen-bond acceptors (Lipinski definition) is 6. The highest BCUT2D eigenvalue weighted by Gasteiger charge is 2.12. The van der Waals surface area contributed by atoms with Gasteiger partial charge in [0, 0.05) is 26.9 Å². The Balaban J connectivity index is 2.03. The van der Waals surface area contributed by atoms with Crippen LogP contribution in [0.15, 0.2) is 16.7 Å². The summed E-state index contributed by atoms with van der Waals surface area (Å²) in [5, 5.41) is 11.7. The zero-order chi connectivity index (χ0) is 13.8. The molecule has 1 amide bonds. The second-order valence-corrected chi connectivity index (χ2v) is 4.36. The Morgan fingerprint density at radius 1 is 1.32 bits per heavy atom. The number of nitrogens with zero attached hydrogens (tertiary/aromatic N) is 5. The second-order valence-electron chi connectivity index (χ2n) is 4.36. The molecule has 0 unspecified atom stereocenters. The lowest BCUT2D eigenvalue weighted by Crippen LogP contribution is -2.21. The molecule has 0 bridgehead atoms. The van der Waals surface area contributed by atoms with Crippen LogP contribution in [0.25, 0.3) is 11.5 Å². The van der Waals surface area contributed by atoms with E-state index in [1.165, 1.54) is 4.90 Å². The summed E-state index contributed by atoms with van der Waals surface area (Å²) in [5.74, 6) is 0.835. The molecule has 0 aliphatic heterocycles. The normalized spacial score (nSPS) is 10.5. The van der Waals surface area contributed by atoms with Gasteiger partial charge in [-0.25, -0.2) is 0 Å². The molecule has 100 valence electrons. The summed E-state index contributed by atoms with van der Waals surface area (Å²) in [4.78, 5) is 17.2. The number of amides is 1. The molecule has 19 heavy (non-hydrogen) atoms. The third-order valence-electron chi connectivity index (χ3n) is 2.55. The molecule has 2 heterocycles. The van der Waals surface area contributed by atoms with E-state index in [1.807, 2.05) is 13.0 Å². The molecule has 2 aromatic heterocycles. The number of aryl methyl sites for hydroxylation is 2. The monoisotopic (exact) mass is 261 g/mol. The minimum atomic E-state index is 0.0230. The summed E-state index contributed by atoms with van der Waals surface area (Å²) >= 11 is 0. The third kappa shape index (κ3) is 3.34. The molecule has 2 aromatic rings. The SMILES string of the molecule is Cc1ccc(-c2noc(CCC(=O)N(C)C)n2)nn1. The summed E-state index contributed by atoms with van der Waals surface area (Å²) in [5.41, 5.74) is 1.38. The highest BCUT2D eigenvalue weighted by atomic mass is 16.5. The van der Waals surface area contributed by atoms with Crippen molar-refractivity contribution >= 4 is 5.91 Å². The summed E-state index contributed by atoms with van der Waals surface area (Å²) < 4.78 is 5.08. The number of carbonyl (C=O) groups excluding carboxylic acids is 1. The summed E-state index contributed by atoms with van der Waals surface area (Å²) in [6.07, 6.45) is 0.761. The summed E-state index contributed by atoms with van der Waals surface area (Å²) in [6.45, 7) is 1.85. The lowest BCUT2D eigenvalue weighted by molar-refractivity contribution is -0.128. The molecule has 0 saturated carbocycles. The van der Waals surface area contributed by atoms with Gasteiger partial charge < -0.3 is 9.42 Å². The van der Waals surface area contributed by atoms with Crippen LogP contribution in [0.5, 0.6) is 0 Å². The Kier molecular flexibility index (Phi) is 3.84.